The van der Waals surface area contributed by atoms with E-state index in [0.717, 1.165) is 16.9 Å². The van der Waals surface area contributed by atoms with Gasteiger partial charge in [-0.3, -0.25) is 0 Å². The van der Waals surface area contributed by atoms with E-state index in [1.807, 2.05) is 54.6 Å². The average Bonchev–Trinajstić information content (AvgIpc) is 2.40. The third-order valence-electron chi connectivity index (χ3n) is 3.16. The van der Waals surface area contributed by atoms with Crippen LogP contribution in [0.25, 0.3) is 0 Å². The molecule has 0 aromatic heterocycles. The molecule has 0 spiro atoms. The van der Waals surface area contributed by atoms with E-state index in [2.05, 4.69) is 0 Å². The van der Waals surface area contributed by atoms with E-state index in [1.165, 1.54) is 0 Å². The fourth-order valence-corrected chi connectivity index (χ4v) is 2.27. The summed E-state index contributed by atoms with van der Waals surface area (Å²) in [6.45, 7) is 0. The molecule has 1 heterocycles. The molecular formula is C15H14O2. The van der Waals surface area contributed by atoms with Gasteiger partial charge >= 0.3 is 0 Å². The van der Waals surface area contributed by atoms with Crippen molar-refractivity contribution in [2.45, 2.75) is 18.6 Å². The predicted octanol–water partition coefficient (Wildman–Crippen LogP) is 3.24. The lowest BCUT2D eigenvalue weighted by Crippen LogP contribution is -2.18. The Kier molecular flexibility index (Phi) is 2.57. The molecule has 0 saturated carbocycles. The zero-order valence-corrected chi connectivity index (χ0v) is 9.41. The first-order valence-corrected chi connectivity index (χ1v) is 5.83. The van der Waals surface area contributed by atoms with Crippen molar-refractivity contribution in [1.82, 2.24) is 0 Å². The van der Waals surface area contributed by atoms with Crippen molar-refractivity contribution in [3.8, 4) is 5.75 Å². The molecule has 2 nitrogen and oxygen atoms in total. The smallest absolute Gasteiger partial charge is 0.127 e. The van der Waals surface area contributed by atoms with E-state index >= 15 is 0 Å². The summed E-state index contributed by atoms with van der Waals surface area (Å²) in [4.78, 5) is 0. The van der Waals surface area contributed by atoms with Gasteiger partial charge in [-0.05, 0) is 11.6 Å². The van der Waals surface area contributed by atoms with Gasteiger partial charge < -0.3 is 9.84 Å². The average molecular weight is 226 g/mol. The van der Waals surface area contributed by atoms with Gasteiger partial charge in [-0.25, -0.2) is 0 Å². The minimum Gasteiger partial charge on any atom is -0.485 e. The molecule has 17 heavy (non-hydrogen) atoms. The molecule has 0 amide bonds. The minimum absolute atomic E-state index is 0.0545. The molecule has 1 N–H and O–H groups in total. The van der Waals surface area contributed by atoms with Gasteiger partial charge in [0, 0.05) is 12.0 Å². The summed E-state index contributed by atoms with van der Waals surface area (Å²) in [7, 11) is 0. The minimum atomic E-state index is -0.440. The summed E-state index contributed by atoms with van der Waals surface area (Å²) in [6.07, 6.45) is 0.118. The summed E-state index contributed by atoms with van der Waals surface area (Å²) in [6, 6.07) is 17.7. The summed E-state index contributed by atoms with van der Waals surface area (Å²) < 4.78 is 5.93. The van der Waals surface area contributed by atoms with Crippen LogP contribution in [0.2, 0.25) is 0 Å². The molecule has 2 heteroatoms. The van der Waals surface area contributed by atoms with Crippen molar-refractivity contribution in [3.63, 3.8) is 0 Å². The van der Waals surface area contributed by atoms with Crippen LogP contribution in [0.15, 0.2) is 54.6 Å². The first-order chi connectivity index (χ1) is 8.34. The number of aliphatic hydroxyl groups is 1. The SMILES string of the molecule is OC1C[C@@H](c2ccccc2)Oc2ccccc21. The standard InChI is InChI=1S/C15H14O2/c16-13-10-15(11-6-2-1-3-7-11)17-14-9-5-4-8-12(13)14/h1-9,13,15-16H,10H2/t13?,15-/m0/s1. The normalized spacial score (nSPS) is 22.6. The molecule has 86 valence electrons. The van der Waals surface area contributed by atoms with Crippen LogP contribution in [0, 0.1) is 0 Å². The fourth-order valence-electron chi connectivity index (χ4n) is 2.27. The molecule has 1 aliphatic rings. The van der Waals surface area contributed by atoms with Crippen LogP contribution in [0.4, 0.5) is 0 Å². The maximum atomic E-state index is 10.1. The second-order valence-corrected chi connectivity index (χ2v) is 4.31. The molecule has 0 aliphatic carbocycles. The van der Waals surface area contributed by atoms with Crippen molar-refractivity contribution in [2.75, 3.05) is 0 Å². The van der Waals surface area contributed by atoms with Crippen molar-refractivity contribution < 1.29 is 9.84 Å². The van der Waals surface area contributed by atoms with E-state index in [1.54, 1.807) is 0 Å². The summed E-state index contributed by atoms with van der Waals surface area (Å²) >= 11 is 0. The van der Waals surface area contributed by atoms with Crippen LogP contribution in [-0.2, 0) is 0 Å². The Morgan fingerprint density at radius 3 is 2.47 bits per heavy atom. The van der Waals surface area contributed by atoms with Gasteiger partial charge in [0.15, 0.2) is 0 Å². The third-order valence-corrected chi connectivity index (χ3v) is 3.16. The monoisotopic (exact) mass is 226 g/mol. The van der Waals surface area contributed by atoms with Crippen LogP contribution >= 0.6 is 0 Å². The first kappa shape index (κ1) is 10.4. The number of ether oxygens (including phenoxy) is 1. The summed E-state index contributed by atoms with van der Waals surface area (Å²) in [5, 5.41) is 10.1. The number of para-hydroxylation sites is 1. The highest BCUT2D eigenvalue weighted by Gasteiger charge is 2.27. The first-order valence-electron chi connectivity index (χ1n) is 5.83. The number of hydrogen-bond donors (Lipinski definition) is 1. The Morgan fingerprint density at radius 1 is 0.941 bits per heavy atom. The molecule has 1 aliphatic heterocycles. The molecule has 0 saturated heterocycles. The molecule has 2 aromatic rings. The maximum Gasteiger partial charge on any atom is 0.127 e. The number of hydrogen-bond acceptors (Lipinski definition) is 2. The quantitative estimate of drug-likeness (QED) is 0.808. The highest BCUT2D eigenvalue weighted by Crippen LogP contribution is 2.40. The summed E-state index contributed by atoms with van der Waals surface area (Å²) in [5.41, 5.74) is 2.00. The van der Waals surface area contributed by atoms with Crippen molar-refractivity contribution in [3.05, 3.63) is 65.7 Å². The molecule has 0 bridgehead atoms. The molecule has 2 atom stereocenters. The summed E-state index contributed by atoms with van der Waals surface area (Å²) in [5.74, 6) is 0.792. The van der Waals surface area contributed by atoms with E-state index in [-0.39, 0.29) is 6.10 Å². The molecular weight excluding hydrogens is 212 g/mol. The third kappa shape index (κ3) is 1.92. The molecule has 1 unspecified atom stereocenters. The topological polar surface area (TPSA) is 29.5 Å². The fraction of sp³-hybridized carbons (Fsp3) is 0.200. The van der Waals surface area contributed by atoms with Gasteiger partial charge in [-0.15, -0.1) is 0 Å². The van der Waals surface area contributed by atoms with Crippen molar-refractivity contribution >= 4 is 0 Å². The second kappa shape index (κ2) is 4.22. The second-order valence-electron chi connectivity index (χ2n) is 4.31. The zero-order chi connectivity index (χ0) is 11.7. The Hall–Kier alpha value is -1.80. The van der Waals surface area contributed by atoms with Crippen LogP contribution < -0.4 is 4.74 Å². The zero-order valence-electron chi connectivity index (χ0n) is 9.41. The van der Waals surface area contributed by atoms with Gasteiger partial charge in [-0.2, -0.15) is 0 Å². The highest BCUT2D eigenvalue weighted by molar-refractivity contribution is 5.38. The van der Waals surface area contributed by atoms with Gasteiger partial charge in [0.05, 0.1) is 6.10 Å². The molecule has 0 fully saturated rings. The van der Waals surface area contributed by atoms with E-state index in [0.29, 0.717) is 6.42 Å². The van der Waals surface area contributed by atoms with E-state index in [9.17, 15) is 5.11 Å². The van der Waals surface area contributed by atoms with Crippen LogP contribution in [0.5, 0.6) is 5.75 Å². The Labute approximate surface area is 100 Å². The van der Waals surface area contributed by atoms with Crippen LogP contribution in [0.1, 0.15) is 29.8 Å². The molecule has 2 aromatic carbocycles. The van der Waals surface area contributed by atoms with Gasteiger partial charge in [0.2, 0.25) is 0 Å². The lowest BCUT2D eigenvalue weighted by Gasteiger charge is -2.29. The van der Waals surface area contributed by atoms with Crippen molar-refractivity contribution in [2.24, 2.45) is 0 Å². The van der Waals surface area contributed by atoms with Gasteiger partial charge in [0.1, 0.15) is 11.9 Å². The van der Waals surface area contributed by atoms with Crippen molar-refractivity contribution in [1.29, 1.82) is 0 Å². The maximum absolute atomic E-state index is 10.1. The van der Waals surface area contributed by atoms with Crippen LogP contribution in [0.3, 0.4) is 0 Å². The van der Waals surface area contributed by atoms with Gasteiger partial charge in [-0.1, -0.05) is 48.5 Å². The highest BCUT2D eigenvalue weighted by atomic mass is 16.5. The van der Waals surface area contributed by atoms with E-state index < -0.39 is 6.10 Å². The molecule has 3 rings (SSSR count). The Bertz CT molecular complexity index is 507. The lowest BCUT2D eigenvalue weighted by atomic mass is 9.95. The predicted molar refractivity (Wildman–Crippen MR) is 65.8 cm³/mol. The lowest BCUT2D eigenvalue weighted by molar-refractivity contribution is 0.0657. The number of rotatable bonds is 1. The number of fused-ring (bicyclic) bond motifs is 1. The largest absolute Gasteiger partial charge is 0.485 e. The van der Waals surface area contributed by atoms with Gasteiger partial charge in [0.25, 0.3) is 0 Å². The number of benzene rings is 2. The van der Waals surface area contributed by atoms with Crippen LogP contribution in [-0.4, -0.2) is 5.11 Å². The van der Waals surface area contributed by atoms with E-state index in [4.69, 9.17) is 4.74 Å². The Balaban J connectivity index is 1.94. The number of aliphatic hydroxyl groups excluding tert-OH is 1. The molecule has 0 radical (unpaired) electrons. The Morgan fingerprint density at radius 2 is 1.65 bits per heavy atom.